The molecule has 3 aromatic rings. The van der Waals surface area contributed by atoms with Gasteiger partial charge in [-0.05, 0) is 23.3 Å². The zero-order chi connectivity index (χ0) is 21.2. The number of amides is 1. The van der Waals surface area contributed by atoms with E-state index in [1.165, 1.54) is 29.3 Å². The highest BCUT2D eigenvalue weighted by atomic mass is 35.5. The number of hydrogen-bond donors (Lipinski definition) is 1. The van der Waals surface area contributed by atoms with Crippen molar-refractivity contribution in [2.75, 3.05) is 5.75 Å². The van der Waals surface area contributed by atoms with Crippen LogP contribution in [0.5, 0.6) is 0 Å². The largest absolute Gasteiger partial charge is 0.272 e. The Hall–Kier alpha value is -1.84. The second-order valence-corrected chi connectivity index (χ2v) is 10.0. The minimum absolute atomic E-state index is 0.182. The van der Waals surface area contributed by atoms with E-state index in [0.717, 1.165) is 24.8 Å². The summed E-state index contributed by atoms with van der Waals surface area (Å²) in [6.07, 6.45) is 3.15. The third-order valence-corrected chi connectivity index (χ3v) is 7.32. The molecule has 0 bridgehead atoms. The molecule has 1 aromatic heterocycles. The zero-order valence-corrected chi connectivity index (χ0v) is 19.5. The highest BCUT2D eigenvalue weighted by Crippen LogP contribution is 2.32. The summed E-state index contributed by atoms with van der Waals surface area (Å²) in [5, 5.41) is 13.3. The number of thioether (sulfide) groups is 2. The first kappa shape index (κ1) is 22.8. The van der Waals surface area contributed by atoms with Gasteiger partial charge in [0.1, 0.15) is 0 Å². The van der Waals surface area contributed by atoms with E-state index in [4.69, 9.17) is 23.2 Å². The van der Waals surface area contributed by atoms with E-state index in [1.807, 2.05) is 54.6 Å². The molecule has 0 atom stereocenters. The maximum Gasteiger partial charge on any atom is 0.250 e. The molecule has 0 aliphatic heterocycles. The lowest BCUT2D eigenvalue weighted by molar-refractivity contribution is -0.118. The fourth-order valence-corrected chi connectivity index (χ4v) is 5.41. The highest BCUT2D eigenvalue weighted by molar-refractivity contribution is 8.03. The van der Waals surface area contributed by atoms with E-state index in [9.17, 15) is 4.79 Å². The van der Waals surface area contributed by atoms with E-state index in [-0.39, 0.29) is 11.7 Å². The Kier molecular flexibility index (Phi) is 9.23. The highest BCUT2D eigenvalue weighted by Gasteiger charge is 2.09. The summed E-state index contributed by atoms with van der Waals surface area (Å²) in [5.41, 5.74) is 4.45. The van der Waals surface area contributed by atoms with Gasteiger partial charge < -0.3 is 0 Å². The molecule has 0 saturated carbocycles. The number of carbonyl (C=O) groups excluding carboxylic acids is 1. The van der Waals surface area contributed by atoms with E-state index in [2.05, 4.69) is 20.7 Å². The van der Waals surface area contributed by atoms with Crippen LogP contribution in [-0.2, 0) is 10.5 Å². The van der Waals surface area contributed by atoms with Crippen molar-refractivity contribution in [3.05, 3.63) is 75.8 Å². The van der Waals surface area contributed by atoms with Crippen molar-refractivity contribution in [3.63, 3.8) is 0 Å². The van der Waals surface area contributed by atoms with Gasteiger partial charge in [0.25, 0.3) is 5.91 Å². The van der Waals surface area contributed by atoms with Crippen molar-refractivity contribution in [2.45, 2.75) is 14.4 Å². The lowest BCUT2D eigenvalue weighted by atomic mass is 10.2. The smallest absolute Gasteiger partial charge is 0.250 e. The molecule has 0 aliphatic rings. The van der Waals surface area contributed by atoms with Crippen LogP contribution in [0.4, 0.5) is 0 Å². The topological polar surface area (TPSA) is 67.2 Å². The average molecular weight is 495 g/mol. The van der Waals surface area contributed by atoms with Gasteiger partial charge in [0.15, 0.2) is 8.68 Å². The molecule has 1 heterocycles. The molecule has 2 aromatic carbocycles. The Morgan fingerprint density at radius 3 is 2.53 bits per heavy atom. The summed E-state index contributed by atoms with van der Waals surface area (Å²) < 4.78 is 1.55. The second kappa shape index (κ2) is 12.1. The van der Waals surface area contributed by atoms with E-state index in [1.54, 1.807) is 17.8 Å². The number of rotatable bonds is 9. The van der Waals surface area contributed by atoms with E-state index >= 15 is 0 Å². The summed E-state index contributed by atoms with van der Waals surface area (Å²) in [6.45, 7) is 0. The predicted octanol–water partition coefficient (Wildman–Crippen LogP) is 5.96. The summed E-state index contributed by atoms with van der Waals surface area (Å²) in [6, 6.07) is 17.3. The molecule has 30 heavy (non-hydrogen) atoms. The zero-order valence-electron chi connectivity index (χ0n) is 15.5. The van der Waals surface area contributed by atoms with Crippen molar-refractivity contribution in [1.29, 1.82) is 0 Å². The van der Waals surface area contributed by atoms with Gasteiger partial charge in [-0.3, -0.25) is 4.79 Å². The summed E-state index contributed by atoms with van der Waals surface area (Å²) in [4.78, 5) is 11.9. The maximum absolute atomic E-state index is 11.9. The number of nitrogens with zero attached hydrogens (tertiary/aromatic N) is 3. The summed E-state index contributed by atoms with van der Waals surface area (Å²) in [5.74, 6) is 0.646. The van der Waals surface area contributed by atoms with Gasteiger partial charge in [0, 0.05) is 10.8 Å². The monoisotopic (exact) mass is 494 g/mol. The van der Waals surface area contributed by atoms with Crippen molar-refractivity contribution in [2.24, 2.45) is 5.10 Å². The number of aromatic nitrogens is 2. The summed E-state index contributed by atoms with van der Waals surface area (Å²) in [7, 11) is 0. The Labute approximate surface area is 197 Å². The van der Waals surface area contributed by atoms with Crippen LogP contribution in [0.15, 0.2) is 73.4 Å². The van der Waals surface area contributed by atoms with Crippen molar-refractivity contribution in [3.8, 4) is 0 Å². The first-order valence-electron chi connectivity index (χ1n) is 8.67. The maximum atomic E-state index is 11.9. The summed E-state index contributed by atoms with van der Waals surface area (Å²) >= 11 is 16.6. The number of halogens is 2. The Balaban J connectivity index is 1.41. The average Bonchev–Trinajstić information content (AvgIpc) is 3.20. The Morgan fingerprint density at radius 1 is 1.07 bits per heavy atom. The molecule has 0 spiro atoms. The van der Waals surface area contributed by atoms with Gasteiger partial charge in [-0.1, -0.05) is 107 Å². The number of nitrogens with one attached hydrogen (secondary N) is 1. The van der Waals surface area contributed by atoms with E-state index < -0.39 is 0 Å². The predicted molar refractivity (Wildman–Crippen MR) is 129 cm³/mol. The van der Waals surface area contributed by atoms with Crippen LogP contribution in [-0.4, -0.2) is 28.1 Å². The van der Waals surface area contributed by atoms with Crippen LogP contribution < -0.4 is 5.43 Å². The SMILES string of the molecule is O=C(CSc1nnc(SCc2ccccc2Cl)s1)N/N=C/C(Cl)=C/c1ccccc1. The van der Waals surface area contributed by atoms with Gasteiger partial charge in [-0.15, -0.1) is 10.2 Å². The molecule has 0 saturated heterocycles. The molecule has 3 rings (SSSR count). The first-order valence-corrected chi connectivity index (χ1v) is 12.2. The van der Waals surface area contributed by atoms with Crippen LogP contribution in [0.3, 0.4) is 0 Å². The quantitative estimate of drug-likeness (QED) is 0.226. The number of benzene rings is 2. The normalized spacial score (nSPS) is 11.7. The number of allylic oxidation sites excluding steroid dienone is 1. The third-order valence-electron chi connectivity index (χ3n) is 3.50. The molecule has 0 unspecified atom stereocenters. The molecule has 5 nitrogen and oxygen atoms in total. The van der Waals surface area contributed by atoms with Gasteiger partial charge in [0.05, 0.1) is 17.0 Å². The lowest BCUT2D eigenvalue weighted by Gasteiger charge is -2.00. The molecule has 1 amide bonds. The standard InChI is InChI=1S/C20H16Cl2N4OS3/c21-16(10-14-6-2-1-3-7-14)11-23-24-18(27)13-29-20-26-25-19(30-20)28-12-15-8-4-5-9-17(15)22/h1-11H,12-13H2,(H,24,27)/b16-10-,23-11+. The molecule has 0 aliphatic carbocycles. The van der Waals surface area contributed by atoms with Crippen molar-refractivity contribution >= 4 is 76.3 Å². The number of hydrogen-bond acceptors (Lipinski definition) is 7. The van der Waals surface area contributed by atoms with Crippen molar-refractivity contribution in [1.82, 2.24) is 15.6 Å². The van der Waals surface area contributed by atoms with Crippen LogP contribution in [0.1, 0.15) is 11.1 Å². The third kappa shape index (κ3) is 7.77. The molecule has 0 radical (unpaired) electrons. The molecule has 154 valence electrons. The van der Waals surface area contributed by atoms with E-state index in [0.29, 0.717) is 10.8 Å². The van der Waals surface area contributed by atoms with Crippen LogP contribution >= 0.6 is 58.1 Å². The number of hydrazone groups is 1. The second-order valence-electron chi connectivity index (χ2n) is 5.74. The fourth-order valence-electron chi connectivity index (χ4n) is 2.14. The van der Waals surface area contributed by atoms with Gasteiger partial charge >= 0.3 is 0 Å². The van der Waals surface area contributed by atoms with Crippen LogP contribution in [0.2, 0.25) is 5.02 Å². The Morgan fingerprint density at radius 2 is 1.77 bits per heavy atom. The minimum Gasteiger partial charge on any atom is -0.272 e. The molecular formula is C20H16Cl2N4OS3. The molecular weight excluding hydrogens is 479 g/mol. The van der Waals surface area contributed by atoms with Crippen LogP contribution in [0.25, 0.3) is 6.08 Å². The molecule has 1 N–H and O–H groups in total. The van der Waals surface area contributed by atoms with Gasteiger partial charge in [0.2, 0.25) is 0 Å². The minimum atomic E-state index is -0.249. The number of carbonyl (C=O) groups is 1. The lowest BCUT2D eigenvalue weighted by Crippen LogP contribution is -2.19. The molecule has 10 heteroatoms. The van der Waals surface area contributed by atoms with Gasteiger partial charge in [-0.2, -0.15) is 5.10 Å². The first-order chi connectivity index (χ1) is 14.6. The van der Waals surface area contributed by atoms with Gasteiger partial charge in [-0.25, -0.2) is 5.43 Å². The fraction of sp³-hybridized carbons (Fsp3) is 0.100. The van der Waals surface area contributed by atoms with Crippen molar-refractivity contribution < 1.29 is 4.79 Å². The molecule has 0 fully saturated rings. The Bertz CT molecular complexity index is 1040. The van der Waals surface area contributed by atoms with Crippen LogP contribution in [0, 0.1) is 0 Å².